The van der Waals surface area contributed by atoms with Gasteiger partial charge in [0.05, 0.1) is 12.7 Å². The van der Waals surface area contributed by atoms with Gasteiger partial charge in [-0.2, -0.15) is 5.10 Å². The summed E-state index contributed by atoms with van der Waals surface area (Å²) in [6, 6.07) is 17.9. The molecule has 0 radical (unpaired) electrons. The molecular weight excluding hydrogens is 260 g/mol. The van der Waals surface area contributed by atoms with Crippen LogP contribution in [0.25, 0.3) is 11.1 Å². The van der Waals surface area contributed by atoms with Crippen LogP contribution in [0.5, 0.6) is 0 Å². The number of nitrogens with zero attached hydrogens (tertiary/aromatic N) is 2. The summed E-state index contributed by atoms with van der Waals surface area (Å²) in [5.41, 5.74) is 9.58. The molecule has 0 saturated carbocycles. The highest BCUT2D eigenvalue weighted by Crippen LogP contribution is 2.18. The van der Waals surface area contributed by atoms with Crippen molar-refractivity contribution in [3.63, 3.8) is 0 Å². The predicted molar refractivity (Wildman–Crippen MR) is 84.2 cm³/mol. The van der Waals surface area contributed by atoms with Crippen molar-refractivity contribution in [1.29, 1.82) is 5.41 Å². The Morgan fingerprint density at radius 1 is 1.05 bits per heavy atom. The van der Waals surface area contributed by atoms with Crippen LogP contribution in [0, 0.1) is 5.41 Å². The van der Waals surface area contributed by atoms with Gasteiger partial charge in [0.2, 0.25) is 0 Å². The van der Waals surface area contributed by atoms with Crippen molar-refractivity contribution in [2.75, 3.05) is 0 Å². The Balaban J connectivity index is 1.82. The Bertz CT molecular complexity index is 759. The highest BCUT2D eigenvalue weighted by atomic mass is 15.3. The van der Waals surface area contributed by atoms with Crippen LogP contribution in [0.1, 0.15) is 11.1 Å². The first kappa shape index (κ1) is 13.1. The maximum Gasteiger partial charge on any atom is 0.122 e. The molecule has 1 aromatic heterocycles. The van der Waals surface area contributed by atoms with Crippen molar-refractivity contribution in [3.05, 3.63) is 78.1 Å². The lowest BCUT2D eigenvalue weighted by atomic mass is 10.1. The summed E-state index contributed by atoms with van der Waals surface area (Å²) >= 11 is 0. The lowest BCUT2D eigenvalue weighted by molar-refractivity contribution is 0.687. The topological polar surface area (TPSA) is 67.7 Å². The molecule has 0 spiro atoms. The fourth-order valence-corrected chi connectivity index (χ4v) is 2.25. The number of hydrogen-bond acceptors (Lipinski definition) is 2. The maximum absolute atomic E-state index is 7.48. The molecular formula is C17H16N4. The largest absolute Gasteiger partial charge is 0.384 e. The molecule has 0 aliphatic rings. The third kappa shape index (κ3) is 3.00. The average Bonchev–Trinajstić information content (AvgIpc) is 2.97. The molecule has 0 aliphatic heterocycles. The number of amidine groups is 1. The van der Waals surface area contributed by atoms with Crippen LogP contribution in [-0.2, 0) is 6.54 Å². The van der Waals surface area contributed by atoms with Gasteiger partial charge in [0, 0.05) is 17.3 Å². The summed E-state index contributed by atoms with van der Waals surface area (Å²) in [5, 5.41) is 11.9. The molecule has 1 heterocycles. The molecule has 2 aromatic carbocycles. The summed E-state index contributed by atoms with van der Waals surface area (Å²) in [5.74, 6) is 0.0855. The van der Waals surface area contributed by atoms with E-state index in [1.807, 2.05) is 59.5 Å². The van der Waals surface area contributed by atoms with E-state index in [4.69, 9.17) is 11.1 Å². The van der Waals surface area contributed by atoms with Crippen LogP contribution < -0.4 is 5.73 Å². The molecule has 0 fully saturated rings. The zero-order chi connectivity index (χ0) is 14.7. The molecule has 3 rings (SSSR count). The van der Waals surface area contributed by atoms with Crippen LogP contribution in [0.2, 0.25) is 0 Å². The second-order valence-electron chi connectivity index (χ2n) is 4.91. The van der Waals surface area contributed by atoms with Gasteiger partial charge in [-0.05, 0) is 17.2 Å². The summed E-state index contributed by atoms with van der Waals surface area (Å²) in [4.78, 5) is 0. The fraction of sp³-hybridized carbons (Fsp3) is 0.0588. The monoisotopic (exact) mass is 276 g/mol. The van der Waals surface area contributed by atoms with Gasteiger partial charge >= 0.3 is 0 Å². The van der Waals surface area contributed by atoms with Crippen molar-refractivity contribution in [2.45, 2.75) is 6.54 Å². The van der Waals surface area contributed by atoms with E-state index in [0.717, 1.165) is 22.3 Å². The first-order valence-corrected chi connectivity index (χ1v) is 6.73. The van der Waals surface area contributed by atoms with Crippen LogP contribution >= 0.6 is 0 Å². The molecule has 104 valence electrons. The number of aromatic nitrogens is 2. The highest BCUT2D eigenvalue weighted by Gasteiger charge is 2.03. The highest BCUT2D eigenvalue weighted by molar-refractivity contribution is 5.95. The standard InChI is InChI=1S/C17H16N4/c18-17(19)15-8-4-5-13(9-15)11-21-12-16(10-20-21)14-6-2-1-3-7-14/h1-10,12H,11H2,(H3,18,19). The van der Waals surface area contributed by atoms with Gasteiger partial charge in [-0.1, -0.05) is 48.5 Å². The smallest absolute Gasteiger partial charge is 0.122 e. The van der Waals surface area contributed by atoms with Crippen LogP contribution in [-0.4, -0.2) is 15.6 Å². The van der Waals surface area contributed by atoms with E-state index in [9.17, 15) is 0 Å². The molecule has 0 unspecified atom stereocenters. The number of nitrogens with two attached hydrogens (primary N) is 1. The Hall–Kier alpha value is -2.88. The van der Waals surface area contributed by atoms with E-state index in [1.165, 1.54) is 0 Å². The van der Waals surface area contributed by atoms with Gasteiger partial charge in [0.15, 0.2) is 0 Å². The quantitative estimate of drug-likeness (QED) is 0.568. The minimum Gasteiger partial charge on any atom is -0.384 e. The second kappa shape index (κ2) is 5.63. The maximum atomic E-state index is 7.48. The van der Waals surface area contributed by atoms with Crippen LogP contribution in [0.15, 0.2) is 67.0 Å². The first-order chi connectivity index (χ1) is 10.2. The Kier molecular flexibility index (Phi) is 3.51. The molecule has 0 atom stereocenters. The number of rotatable bonds is 4. The van der Waals surface area contributed by atoms with E-state index in [2.05, 4.69) is 17.2 Å². The van der Waals surface area contributed by atoms with Gasteiger partial charge in [0.1, 0.15) is 5.84 Å². The van der Waals surface area contributed by atoms with Crippen molar-refractivity contribution in [3.8, 4) is 11.1 Å². The number of benzene rings is 2. The summed E-state index contributed by atoms with van der Waals surface area (Å²) < 4.78 is 1.89. The van der Waals surface area contributed by atoms with Gasteiger partial charge in [-0.3, -0.25) is 10.1 Å². The fourth-order valence-electron chi connectivity index (χ4n) is 2.25. The molecule has 0 amide bonds. The molecule has 3 N–H and O–H groups in total. The lowest BCUT2D eigenvalue weighted by Gasteiger charge is -2.04. The number of hydrogen-bond donors (Lipinski definition) is 2. The Morgan fingerprint density at radius 2 is 1.86 bits per heavy atom. The summed E-state index contributed by atoms with van der Waals surface area (Å²) in [6.07, 6.45) is 3.89. The zero-order valence-corrected chi connectivity index (χ0v) is 11.5. The minimum atomic E-state index is 0.0855. The third-order valence-corrected chi connectivity index (χ3v) is 3.32. The molecule has 3 aromatic rings. The van der Waals surface area contributed by atoms with Crippen molar-refractivity contribution >= 4 is 5.84 Å². The van der Waals surface area contributed by atoms with Gasteiger partial charge in [-0.15, -0.1) is 0 Å². The van der Waals surface area contributed by atoms with Crippen LogP contribution in [0.3, 0.4) is 0 Å². The molecule has 4 heteroatoms. The normalized spacial score (nSPS) is 10.5. The van der Waals surface area contributed by atoms with Crippen molar-refractivity contribution in [1.82, 2.24) is 9.78 Å². The van der Waals surface area contributed by atoms with E-state index >= 15 is 0 Å². The zero-order valence-electron chi connectivity index (χ0n) is 11.5. The number of nitrogen functional groups attached to an aromatic ring is 1. The Labute approximate surface area is 123 Å². The SMILES string of the molecule is N=C(N)c1cccc(Cn2cc(-c3ccccc3)cn2)c1. The molecule has 21 heavy (non-hydrogen) atoms. The van der Waals surface area contributed by atoms with E-state index in [1.54, 1.807) is 0 Å². The van der Waals surface area contributed by atoms with Crippen molar-refractivity contribution < 1.29 is 0 Å². The summed E-state index contributed by atoms with van der Waals surface area (Å²) in [6.45, 7) is 0.661. The lowest BCUT2D eigenvalue weighted by Crippen LogP contribution is -2.11. The van der Waals surface area contributed by atoms with Crippen LogP contribution in [0.4, 0.5) is 0 Å². The van der Waals surface area contributed by atoms with E-state index < -0.39 is 0 Å². The first-order valence-electron chi connectivity index (χ1n) is 6.73. The van der Waals surface area contributed by atoms with Gasteiger partial charge in [-0.25, -0.2) is 0 Å². The summed E-state index contributed by atoms with van der Waals surface area (Å²) in [7, 11) is 0. The molecule has 4 nitrogen and oxygen atoms in total. The second-order valence-corrected chi connectivity index (χ2v) is 4.91. The van der Waals surface area contributed by atoms with E-state index in [-0.39, 0.29) is 5.84 Å². The van der Waals surface area contributed by atoms with E-state index in [0.29, 0.717) is 6.54 Å². The minimum absolute atomic E-state index is 0.0855. The predicted octanol–water partition coefficient (Wildman–Crippen LogP) is 2.88. The van der Waals surface area contributed by atoms with Crippen molar-refractivity contribution in [2.24, 2.45) is 5.73 Å². The Morgan fingerprint density at radius 3 is 2.62 bits per heavy atom. The van der Waals surface area contributed by atoms with Gasteiger partial charge < -0.3 is 5.73 Å². The molecule has 0 saturated heterocycles. The average molecular weight is 276 g/mol. The van der Waals surface area contributed by atoms with Gasteiger partial charge in [0.25, 0.3) is 0 Å². The third-order valence-electron chi connectivity index (χ3n) is 3.32. The number of nitrogens with one attached hydrogen (secondary N) is 1. The molecule has 0 aliphatic carbocycles. The molecule has 0 bridgehead atoms.